The van der Waals surface area contributed by atoms with Gasteiger partial charge in [-0.2, -0.15) is 5.26 Å². The van der Waals surface area contributed by atoms with Gasteiger partial charge in [-0.25, -0.2) is 4.79 Å². The Kier molecular flexibility index (Phi) is 4.35. The number of ether oxygens (including phenoxy) is 2. The first-order chi connectivity index (χ1) is 9.72. The van der Waals surface area contributed by atoms with Crippen molar-refractivity contribution in [3.63, 3.8) is 0 Å². The minimum Gasteiger partial charge on any atom is -0.462 e. The van der Waals surface area contributed by atoms with E-state index in [0.717, 1.165) is 0 Å². The van der Waals surface area contributed by atoms with E-state index in [1.807, 2.05) is 6.07 Å². The molecule has 2 aromatic carbocycles. The summed E-state index contributed by atoms with van der Waals surface area (Å²) in [4.78, 5) is 11.6. The van der Waals surface area contributed by atoms with E-state index < -0.39 is 0 Å². The van der Waals surface area contributed by atoms with E-state index in [1.54, 1.807) is 55.5 Å². The van der Waals surface area contributed by atoms with Crippen molar-refractivity contribution in [3.8, 4) is 17.6 Å². The van der Waals surface area contributed by atoms with Crippen LogP contribution >= 0.6 is 0 Å². The van der Waals surface area contributed by atoms with Gasteiger partial charge in [-0.15, -0.1) is 0 Å². The normalized spacial score (nSPS) is 9.60. The molecule has 0 aliphatic rings. The molecule has 0 N–H and O–H groups in total. The van der Waals surface area contributed by atoms with Crippen molar-refractivity contribution in [2.45, 2.75) is 6.92 Å². The van der Waals surface area contributed by atoms with Gasteiger partial charge in [0.15, 0.2) is 0 Å². The van der Waals surface area contributed by atoms with Gasteiger partial charge in [0.2, 0.25) is 0 Å². The summed E-state index contributed by atoms with van der Waals surface area (Å²) in [6.07, 6.45) is 0. The van der Waals surface area contributed by atoms with E-state index in [2.05, 4.69) is 0 Å². The molecular formula is C16H13NO3. The molecule has 0 saturated carbocycles. The van der Waals surface area contributed by atoms with Crippen LogP contribution in [0.2, 0.25) is 0 Å². The lowest BCUT2D eigenvalue weighted by atomic mass is 10.2. The molecule has 4 heteroatoms. The number of nitrogens with zero attached hydrogens (tertiary/aromatic N) is 1. The maximum Gasteiger partial charge on any atom is 0.338 e. The largest absolute Gasteiger partial charge is 0.462 e. The summed E-state index contributed by atoms with van der Waals surface area (Å²) in [6, 6.07) is 15.6. The van der Waals surface area contributed by atoms with Crippen molar-refractivity contribution in [1.29, 1.82) is 5.26 Å². The molecule has 100 valence electrons. The van der Waals surface area contributed by atoms with Gasteiger partial charge in [0.1, 0.15) is 11.5 Å². The van der Waals surface area contributed by atoms with Crippen LogP contribution in [0.15, 0.2) is 48.5 Å². The SMILES string of the molecule is CCOC(=O)c1cccc(Oc2cccc(C#N)c2)c1. The van der Waals surface area contributed by atoms with Crippen LogP contribution in [0.3, 0.4) is 0 Å². The van der Waals surface area contributed by atoms with Crippen molar-refractivity contribution < 1.29 is 14.3 Å². The lowest BCUT2D eigenvalue weighted by Crippen LogP contribution is -2.04. The number of hydrogen-bond donors (Lipinski definition) is 0. The highest BCUT2D eigenvalue weighted by Crippen LogP contribution is 2.23. The van der Waals surface area contributed by atoms with Crippen molar-refractivity contribution >= 4 is 5.97 Å². The number of nitriles is 1. The van der Waals surface area contributed by atoms with Crippen LogP contribution in [0.25, 0.3) is 0 Å². The van der Waals surface area contributed by atoms with Crippen LogP contribution in [0.5, 0.6) is 11.5 Å². The van der Waals surface area contributed by atoms with E-state index in [-0.39, 0.29) is 5.97 Å². The van der Waals surface area contributed by atoms with E-state index >= 15 is 0 Å². The summed E-state index contributed by atoms with van der Waals surface area (Å²) >= 11 is 0. The maximum absolute atomic E-state index is 11.6. The van der Waals surface area contributed by atoms with Crippen molar-refractivity contribution in [1.82, 2.24) is 0 Å². The lowest BCUT2D eigenvalue weighted by molar-refractivity contribution is 0.0526. The van der Waals surface area contributed by atoms with E-state index in [0.29, 0.717) is 29.2 Å². The molecule has 0 fully saturated rings. The Balaban J connectivity index is 2.19. The second-order valence-electron chi connectivity index (χ2n) is 3.99. The van der Waals surface area contributed by atoms with Crippen LogP contribution in [0.4, 0.5) is 0 Å². The van der Waals surface area contributed by atoms with E-state index in [9.17, 15) is 4.79 Å². The Morgan fingerprint density at radius 2 is 1.85 bits per heavy atom. The van der Waals surface area contributed by atoms with Crippen LogP contribution in [0, 0.1) is 11.3 Å². The van der Waals surface area contributed by atoms with E-state index in [4.69, 9.17) is 14.7 Å². The van der Waals surface area contributed by atoms with Gasteiger partial charge in [0.25, 0.3) is 0 Å². The van der Waals surface area contributed by atoms with E-state index in [1.165, 1.54) is 0 Å². The van der Waals surface area contributed by atoms with Crippen molar-refractivity contribution in [2.24, 2.45) is 0 Å². The zero-order valence-electron chi connectivity index (χ0n) is 11.0. The number of carbonyl (C=O) groups excluding carboxylic acids is 1. The van der Waals surface area contributed by atoms with Gasteiger partial charge in [-0.3, -0.25) is 0 Å². The maximum atomic E-state index is 11.6. The second kappa shape index (κ2) is 6.39. The summed E-state index contributed by atoms with van der Waals surface area (Å²) in [5.41, 5.74) is 0.949. The molecule has 0 aliphatic heterocycles. The molecule has 0 bridgehead atoms. The first-order valence-corrected chi connectivity index (χ1v) is 6.18. The number of benzene rings is 2. The number of rotatable bonds is 4. The fraction of sp³-hybridized carbons (Fsp3) is 0.125. The summed E-state index contributed by atoms with van der Waals surface area (Å²) in [6.45, 7) is 2.08. The van der Waals surface area contributed by atoms with Crippen LogP contribution in [-0.2, 0) is 4.74 Å². The van der Waals surface area contributed by atoms with Crippen molar-refractivity contribution in [3.05, 3.63) is 59.7 Å². The summed E-state index contributed by atoms with van der Waals surface area (Å²) in [7, 11) is 0. The molecule has 0 aliphatic carbocycles. The highest BCUT2D eigenvalue weighted by Gasteiger charge is 2.07. The lowest BCUT2D eigenvalue weighted by Gasteiger charge is -2.07. The van der Waals surface area contributed by atoms with Crippen LogP contribution in [0.1, 0.15) is 22.8 Å². The molecular weight excluding hydrogens is 254 g/mol. The first-order valence-electron chi connectivity index (χ1n) is 6.18. The molecule has 2 rings (SSSR count). The Morgan fingerprint density at radius 3 is 2.55 bits per heavy atom. The first kappa shape index (κ1) is 13.6. The third kappa shape index (κ3) is 3.36. The topological polar surface area (TPSA) is 59.3 Å². The predicted octanol–water partition coefficient (Wildman–Crippen LogP) is 3.53. The zero-order chi connectivity index (χ0) is 14.4. The zero-order valence-corrected chi connectivity index (χ0v) is 11.0. The molecule has 0 aromatic heterocycles. The fourth-order valence-electron chi connectivity index (χ4n) is 1.67. The highest BCUT2D eigenvalue weighted by molar-refractivity contribution is 5.89. The Morgan fingerprint density at radius 1 is 1.15 bits per heavy atom. The minimum atomic E-state index is -0.385. The smallest absolute Gasteiger partial charge is 0.338 e. The third-order valence-corrected chi connectivity index (χ3v) is 2.54. The van der Waals surface area contributed by atoms with Gasteiger partial charge >= 0.3 is 5.97 Å². The summed E-state index contributed by atoms with van der Waals surface area (Å²) in [5, 5.41) is 8.84. The molecule has 0 heterocycles. The average molecular weight is 267 g/mol. The Hall–Kier alpha value is -2.80. The Bertz CT molecular complexity index is 659. The second-order valence-corrected chi connectivity index (χ2v) is 3.99. The van der Waals surface area contributed by atoms with Crippen LogP contribution in [-0.4, -0.2) is 12.6 Å². The highest BCUT2D eigenvalue weighted by atomic mass is 16.5. The van der Waals surface area contributed by atoms with Gasteiger partial charge in [-0.1, -0.05) is 12.1 Å². The monoisotopic (exact) mass is 267 g/mol. The fourth-order valence-corrected chi connectivity index (χ4v) is 1.67. The molecule has 0 atom stereocenters. The standard InChI is InChI=1S/C16H13NO3/c1-2-19-16(18)13-6-4-8-15(10-13)20-14-7-3-5-12(9-14)11-17/h3-10H,2H2,1H3. The van der Waals surface area contributed by atoms with Gasteiger partial charge < -0.3 is 9.47 Å². The Labute approximate surface area is 117 Å². The minimum absolute atomic E-state index is 0.328. The number of hydrogen-bond acceptors (Lipinski definition) is 4. The van der Waals surface area contributed by atoms with Crippen LogP contribution < -0.4 is 4.74 Å². The van der Waals surface area contributed by atoms with Gasteiger partial charge in [0, 0.05) is 0 Å². The number of esters is 1. The molecule has 20 heavy (non-hydrogen) atoms. The average Bonchev–Trinajstić information content (AvgIpc) is 2.48. The molecule has 0 spiro atoms. The molecule has 0 unspecified atom stereocenters. The van der Waals surface area contributed by atoms with Gasteiger partial charge in [-0.05, 0) is 43.3 Å². The molecule has 4 nitrogen and oxygen atoms in total. The molecule has 0 saturated heterocycles. The quantitative estimate of drug-likeness (QED) is 0.795. The molecule has 0 amide bonds. The summed E-state index contributed by atoms with van der Waals surface area (Å²) in [5.74, 6) is 0.680. The number of carbonyl (C=O) groups is 1. The molecule has 0 radical (unpaired) electrons. The predicted molar refractivity (Wildman–Crippen MR) is 73.6 cm³/mol. The van der Waals surface area contributed by atoms with Gasteiger partial charge in [0.05, 0.1) is 23.8 Å². The summed E-state index contributed by atoms with van der Waals surface area (Å²) < 4.78 is 10.6. The third-order valence-electron chi connectivity index (χ3n) is 2.54. The molecule has 2 aromatic rings. The van der Waals surface area contributed by atoms with Crippen molar-refractivity contribution in [2.75, 3.05) is 6.61 Å².